The highest BCUT2D eigenvalue weighted by atomic mass is 35.5. The molecule has 0 heterocycles. The number of rotatable bonds is 3. The van der Waals surface area contributed by atoms with Gasteiger partial charge in [-0.3, -0.25) is 4.79 Å². The van der Waals surface area contributed by atoms with E-state index in [0.29, 0.717) is 21.9 Å². The van der Waals surface area contributed by atoms with Gasteiger partial charge in [-0.25, -0.2) is 0 Å². The van der Waals surface area contributed by atoms with E-state index in [-0.39, 0.29) is 5.78 Å². The van der Waals surface area contributed by atoms with Crippen molar-refractivity contribution in [1.82, 2.24) is 0 Å². The second kappa shape index (κ2) is 5.23. The molecular weight excluding hydrogens is 248 g/mol. The number of hydrogen-bond acceptors (Lipinski definition) is 2. The van der Waals surface area contributed by atoms with Crippen LogP contribution >= 0.6 is 11.6 Å². The molecule has 0 N–H and O–H groups in total. The Morgan fingerprint density at radius 3 is 2.56 bits per heavy atom. The molecule has 18 heavy (non-hydrogen) atoms. The number of benzene rings is 2. The number of methoxy groups -OCH3 is 1. The van der Waals surface area contributed by atoms with Gasteiger partial charge in [-0.15, -0.1) is 0 Å². The lowest BCUT2D eigenvalue weighted by Crippen LogP contribution is -2.03. The first kappa shape index (κ1) is 12.7. The van der Waals surface area contributed by atoms with Gasteiger partial charge in [0.25, 0.3) is 0 Å². The van der Waals surface area contributed by atoms with Crippen LogP contribution in [-0.2, 0) is 0 Å². The highest BCUT2D eigenvalue weighted by Gasteiger charge is 2.13. The highest BCUT2D eigenvalue weighted by Crippen LogP contribution is 2.26. The van der Waals surface area contributed by atoms with E-state index in [4.69, 9.17) is 16.3 Å². The summed E-state index contributed by atoms with van der Waals surface area (Å²) in [5, 5.41) is 0.499. The monoisotopic (exact) mass is 260 g/mol. The molecule has 0 aromatic heterocycles. The standard InChI is InChI=1S/C15H13ClO2/c1-10-5-3-4-6-12(10)15(17)11-7-8-13(16)14(9-11)18-2/h3-9H,1-2H3. The molecule has 0 unspecified atom stereocenters. The fraction of sp³-hybridized carbons (Fsp3) is 0.133. The van der Waals surface area contributed by atoms with Gasteiger partial charge in [0, 0.05) is 11.1 Å². The van der Waals surface area contributed by atoms with Crippen molar-refractivity contribution >= 4 is 17.4 Å². The van der Waals surface area contributed by atoms with Crippen LogP contribution in [0.4, 0.5) is 0 Å². The molecule has 3 heteroatoms. The molecule has 2 rings (SSSR count). The minimum Gasteiger partial charge on any atom is -0.495 e. The van der Waals surface area contributed by atoms with Crippen LogP contribution in [0.1, 0.15) is 21.5 Å². The summed E-state index contributed by atoms with van der Waals surface area (Å²) >= 11 is 5.94. The number of aryl methyl sites for hydroxylation is 1. The van der Waals surface area contributed by atoms with E-state index in [1.54, 1.807) is 18.2 Å². The Hall–Kier alpha value is -1.80. The molecule has 0 spiro atoms. The summed E-state index contributed by atoms with van der Waals surface area (Å²) in [7, 11) is 1.53. The zero-order chi connectivity index (χ0) is 13.1. The molecule has 0 aliphatic carbocycles. The lowest BCUT2D eigenvalue weighted by Gasteiger charge is -2.07. The molecule has 0 aliphatic rings. The van der Waals surface area contributed by atoms with E-state index in [2.05, 4.69) is 0 Å². The number of hydrogen-bond donors (Lipinski definition) is 0. The minimum atomic E-state index is -0.0249. The van der Waals surface area contributed by atoms with Gasteiger partial charge in [-0.1, -0.05) is 35.9 Å². The molecule has 0 saturated heterocycles. The van der Waals surface area contributed by atoms with E-state index >= 15 is 0 Å². The second-order valence-corrected chi connectivity index (χ2v) is 4.40. The maximum atomic E-state index is 12.3. The molecule has 2 nitrogen and oxygen atoms in total. The number of carbonyl (C=O) groups excluding carboxylic acids is 1. The lowest BCUT2D eigenvalue weighted by molar-refractivity contribution is 0.103. The van der Waals surface area contributed by atoms with Crippen molar-refractivity contribution in [2.24, 2.45) is 0 Å². The fourth-order valence-electron chi connectivity index (χ4n) is 1.78. The maximum absolute atomic E-state index is 12.3. The van der Waals surface area contributed by atoms with Gasteiger partial charge < -0.3 is 4.74 Å². The highest BCUT2D eigenvalue weighted by molar-refractivity contribution is 6.32. The van der Waals surface area contributed by atoms with Crippen LogP contribution in [0.25, 0.3) is 0 Å². The summed E-state index contributed by atoms with van der Waals surface area (Å²) in [5.41, 5.74) is 2.23. The van der Waals surface area contributed by atoms with Crippen LogP contribution in [0.5, 0.6) is 5.75 Å². The predicted octanol–water partition coefficient (Wildman–Crippen LogP) is 3.89. The van der Waals surface area contributed by atoms with Crippen molar-refractivity contribution in [3.05, 3.63) is 64.2 Å². The van der Waals surface area contributed by atoms with Gasteiger partial charge in [0.05, 0.1) is 12.1 Å². The lowest BCUT2D eigenvalue weighted by atomic mass is 9.99. The summed E-state index contributed by atoms with van der Waals surface area (Å²) < 4.78 is 5.12. The zero-order valence-corrected chi connectivity index (χ0v) is 11.0. The van der Waals surface area contributed by atoms with Crippen LogP contribution in [0.3, 0.4) is 0 Å². The summed E-state index contributed by atoms with van der Waals surface area (Å²) in [5.74, 6) is 0.485. The number of ether oxygens (including phenoxy) is 1. The Morgan fingerprint density at radius 1 is 1.17 bits per heavy atom. The van der Waals surface area contributed by atoms with Gasteiger partial charge in [0.1, 0.15) is 5.75 Å². The Balaban J connectivity index is 2.44. The summed E-state index contributed by atoms with van der Waals surface area (Å²) in [6, 6.07) is 12.5. The van der Waals surface area contributed by atoms with E-state index in [1.165, 1.54) is 7.11 Å². The third-order valence-electron chi connectivity index (χ3n) is 2.80. The van der Waals surface area contributed by atoms with E-state index in [0.717, 1.165) is 5.56 Å². The first-order valence-corrected chi connectivity index (χ1v) is 5.95. The average molecular weight is 261 g/mol. The van der Waals surface area contributed by atoms with Gasteiger partial charge in [-0.05, 0) is 30.7 Å². The van der Waals surface area contributed by atoms with Crippen molar-refractivity contribution in [2.75, 3.05) is 7.11 Å². The molecule has 0 atom stereocenters. The van der Waals surface area contributed by atoms with Crippen molar-refractivity contribution in [1.29, 1.82) is 0 Å². The van der Waals surface area contributed by atoms with Crippen LogP contribution in [0.15, 0.2) is 42.5 Å². The number of ketones is 1. The molecule has 0 bridgehead atoms. The van der Waals surface area contributed by atoms with Gasteiger partial charge in [0.15, 0.2) is 5.78 Å². The molecular formula is C15H13ClO2. The van der Waals surface area contributed by atoms with Crippen molar-refractivity contribution in [3.63, 3.8) is 0 Å². The molecule has 0 saturated carbocycles. The molecule has 2 aromatic carbocycles. The van der Waals surface area contributed by atoms with Gasteiger partial charge >= 0.3 is 0 Å². The Kier molecular flexibility index (Phi) is 3.68. The van der Waals surface area contributed by atoms with E-state index in [9.17, 15) is 4.79 Å². The normalized spacial score (nSPS) is 10.2. The van der Waals surface area contributed by atoms with Gasteiger partial charge in [-0.2, -0.15) is 0 Å². The minimum absolute atomic E-state index is 0.0249. The number of carbonyl (C=O) groups is 1. The molecule has 0 radical (unpaired) electrons. The first-order valence-electron chi connectivity index (χ1n) is 5.57. The van der Waals surface area contributed by atoms with Crippen molar-refractivity contribution < 1.29 is 9.53 Å². The van der Waals surface area contributed by atoms with Crippen molar-refractivity contribution in [2.45, 2.75) is 6.92 Å². The zero-order valence-electron chi connectivity index (χ0n) is 10.2. The average Bonchev–Trinajstić information content (AvgIpc) is 2.39. The molecule has 0 aliphatic heterocycles. The predicted molar refractivity (Wildman–Crippen MR) is 72.6 cm³/mol. The Bertz CT molecular complexity index is 591. The Labute approximate surface area is 111 Å². The second-order valence-electron chi connectivity index (χ2n) is 3.99. The third kappa shape index (κ3) is 2.39. The summed E-state index contributed by atoms with van der Waals surface area (Å²) in [6.45, 7) is 1.92. The molecule has 0 fully saturated rings. The smallest absolute Gasteiger partial charge is 0.193 e. The largest absolute Gasteiger partial charge is 0.495 e. The Morgan fingerprint density at radius 2 is 1.89 bits per heavy atom. The van der Waals surface area contributed by atoms with E-state index in [1.807, 2.05) is 31.2 Å². The number of halogens is 1. The summed E-state index contributed by atoms with van der Waals surface area (Å²) in [6.07, 6.45) is 0. The van der Waals surface area contributed by atoms with Crippen LogP contribution in [0.2, 0.25) is 5.02 Å². The summed E-state index contributed by atoms with van der Waals surface area (Å²) in [4.78, 5) is 12.3. The molecule has 92 valence electrons. The quantitative estimate of drug-likeness (QED) is 0.783. The molecule has 2 aromatic rings. The van der Waals surface area contributed by atoms with Crippen LogP contribution in [0, 0.1) is 6.92 Å². The maximum Gasteiger partial charge on any atom is 0.193 e. The van der Waals surface area contributed by atoms with E-state index < -0.39 is 0 Å². The SMILES string of the molecule is COc1cc(C(=O)c2ccccc2C)ccc1Cl. The van der Waals surface area contributed by atoms with Crippen LogP contribution < -0.4 is 4.74 Å². The van der Waals surface area contributed by atoms with Gasteiger partial charge in [0.2, 0.25) is 0 Å². The topological polar surface area (TPSA) is 26.3 Å². The molecule has 0 amide bonds. The fourth-order valence-corrected chi connectivity index (χ4v) is 1.98. The third-order valence-corrected chi connectivity index (χ3v) is 3.12. The van der Waals surface area contributed by atoms with Crippen LogP contribution in [-0.4, -0.2) is 12.9 Å². The first-order chi connectivity index (χ1) is 8.63. The van der Waals surface area contributed by atoms with Crippen molar-refractivity contribution in [3.8, 4) is 5.75 Å².